The Kier molecular flexibility index (Phi) is 4.18. The molecule has 0 fully saturated rings. The maximum atomic E-state index is 10.3. The van der Waals surface area contributed by atoms with Crippen LogP contribution in [-0.2, 0) is 0 Å². The number of nitrogens with two attached hydrogens (primary N) is 1. The van der Waals surface area contributed by atoms with Crippen LogP contribution in [0.25, 0.3) is 0 Å². The molecule has 0 aromatic heterocycles. The molecule has 0 aliphatic rings. The molecule has 1 aromatic carbocycles. The number of hydrogen-bond donors (Lipinski definition) is 2. The van der Waals surface area contributed by atoms with Gasteiger partial charge in [0.1, 0.15) is 0 Å². The topological polar surface area (TPSA) is 63.3 Å². The van der Waals surface area contributed by atoms with E-state index in [1.807, 2.05) is 0 Å². The summed E-state index contributed by atoms with van der Waals surface area (Å²) < 4.78 is 0. The van der Waals surface area contributed by atoms with Crippen molar-refractivity contribution < 1.29 is 39.5 Å². The number of nitrogen functional groups attached to an aromatic ring is 1. The summed E-state index contributed by atoms with van der Waals surface area (Å²) in [5.74, 6) is -1.02. The second kappa shape index (κ2) is 4.38. The summed E-state index contributed by atoms with van der Waals surface area (Å²) in [6.45, 7) is 0. The molecular weight excluding hydrogens is 153 g/mol. The fraction of sp³-hybridized carbons (Fsp3) is 0. The Hall–Kier alpha value is -0.510. The number of hydrogen-bond acceptors (Lipinski definition) is 2. The smallest absolute Gasteiger partial charge is 0.487 e. The van der Waals surface area contributed by atoms with Gasteiger partial charge in [-0.15, -0.1) is 6.07 Å². The van der Waals surface area contributed by atoms with Gasteiger partial charge in [-0.2, -0.15) is 18.2 Å². The molecule has 0 aliphatic heterocycles. The molecule has 0 unspecified atom stereocenters. The van der Waals surface area contributed by atoms with E-state index in [2.05, 4.69) is 6.07 Å². The predicted octanol–water partition coefficient (Wildman–Crippen LogP) is -2.23. The van der Waals surface area contributed by atoms with Crippen LogP contribution in [0.1, 0.15) is 10.4 Å². The fourth-order valence-electron chi connectivity index (χ4n) is 0.628. The minimum Gasteiger partial charge on any atom is -0.487 e. The molecule has 0 heterocycles. The minimum absolute atomic E-state index is 0. The number of anilines is 1. The molecule has 1 aromatic rings. The average Bonchev–Trinajstić information content (AvgIpc) is 1.88. The summed E-state index contributed by atoms with van der Waals surface area (Å²) in [7, 11) is 0. The third-order valence-electron chi connectivity index (χ3n) is 1.13. The number of aromatic carboxylic acids is 1. The molecule has 4 heteroatoms. The van der Waals surface area contributed by atoms with Crippen LogP contribution in [0, 0.1) is 6.07 Å². The standard InChI is InChI=1S/C7H6NO2.Na/c8-6-4-2-1-3-5(6)7(9)10;/h2-4H,8H2,(H,9,10);/q-1;+1. The number of carboxylic acid groups (broad SMARTS) is 1. The van der Waals surface area contributed by atoms with Gasteiger partial charge in [-0.05, 0) is 5.56 Å². The van der Waals surface area contributed by atoms with Crippen molar-refractivity contribution in [1.82, 2.24) is 0 Å². The van der Waals surface area contributed by atoms with E-state index < -0.39 is 5.97 Å². The number of rotatable bonds is 1. The van der Waals surface area contributed by atoms with Gasteiger partial charge >= 0.3 is 29.6 Å². The molecule has 0 saturated heterocycles. The van der Waals surface area contributed by atoms with Crippen molar-refractivity contribution in [1.29, 1.82) is 0 Å². The van der Waals surface area contributed by atoms with Gasteiger partial charge in [-0.3, -0.25) is 4.79 Å². The van der Waals surface area contributed by atoms with Crippen LogP contribution < -0.4 is 35.3 Å². The van der Waals surface area contributed by atoms with Gasteiger partial charge in [0.25, 0.3) is 5.97 Å². The first-order valence-corrected chi connectivity index (χ1v) is 2.70. The van der Waals surface area contributed by atoms with Crippen LogP contribution in [0.4, 0.5) is 5.69 Å². The van der Waals surface area contributed by atoms with Crippen LogP contribution in [-0.4, -0.2) is 11.1 Å². The van der Waals surface area contributed by atoms with Gasteiger partial charge in [0.2, 0.25) is 0 Å². The largest absolute Gasteiger partial charge is 1.00 e. The minimum atomic E-state index is -1.02. The first kappa shape index (κ1) is 10.5. The maximum absolute atomic E-state index is 10.3. The van der Waals surface area contributed by atoms with Gasteiger partial charge < -0.3 is 10.8 Å². The van der Waals surface area contributed by atoms with E-state index in [0.29, 0.717) is 0 Å². The Morgan fingerprint density at radius 3 is 2.64 bits per heavy atom. The average molecular weight is 159 g/mol. The molecular formula is C7H6NNaO2. The van der Waals surface area contributed by atoms with Crippen molar-refractivity contribution in [2.24, 2.45) is 0 Å². The second-order valence-corrected chi connectivity index (χ2v) is 1.82. The monoisotopic (exact) mass is 159 g/mol. The summed E-state index contributed by atoms with van der Waals surface area (Å²) in [5.41, 5.74) is 5.69. The van der Waals surface area contributed by atoms with Gasteiger partial charge in [0.05, 0.1) is 0 Å². The summed E-state index contributed by atoms with van der Waals surface area (Å²) in [6.07, 6.45) is 0. The fourth-order valence-corrected chi connectivity index (χ4v) is 0.628. The van der Waals surface area contributed by atoms with Crippen molar-refractivity contribution in [3.63, 3.8) is 0 Å². The first-order valence-electron chi connectivity index (χ1n) is 2.70. The Labute approximate surface area is 86.5 Å². The van der Waals surface area contributed by atoms with Crippen LogP contribution in [0.15, 0.2) is 18.2 Å². The maximum Gasteiger partial charge on any atom is 1.00 e. The Morgan fingerprint density at radius 2 is 2.27 bits per heavy atom. The molecule has 0 saturated carbocycles. The molecule has 0 bridgehead atoms. The quantitative estimate of drug-likeness (QED) is 0.277. The van der Waals surface area contributed by atoms with Gasteiger partial charge in [0, 0.05) is 0 Å². The van der Waals surface area contributed by atoms with Crippen LogP contribution in [0.5, 0.6) is 0 Å². The van der Waals surface area contributed by atoms with E-state index in [9.17, 15) is 4.79 Å². The van der Waals surface area contributed by atoms with Crippen LogP contribution in [0.2, 0.25) is 0 Å². The Bertz CT molecular complexity index is 262. The van der Waals surface area contributed by atoms with E-state index in [-0.39, 0.29) is 40.8 Å². The van der Waals surface area contributed by atoms with E-state index >= 15 is 0 Å². The zero-order valence-electron chi connectivity index (χ0n) is 6.16. The van der Waals surface area contributed by atoms with Gasteiger partial charge in [-0.25, -0.2) is 0 Å². The van der Waals surface area contributed by atoms with E-state index in [1.165, 1.54) is 12.1 Å². The molecule has 0 spiro atoms. The van der Waals surface area contributed by atoms with Gasteiger partial charge in [0.15, 0.2) is 0 Å². The van der Waals surface area contributed by atoms with Crippen LogP contribution >= 0.6 is 0 Å². The Morgan fingerprint density at radius 1 is 1.64 bits per heavy atom. The van der Waals surface area contributed by atoms with Crippen molar-refractivity contribution in [3.8, 4) is 0 Å². The molecule has 0 aliphatic carbocycles. The van der Waals surface area contributed by atoms with Crippen molar-refractivity contribution in [2.45, 2.75) is 0 Å². The molecule has 11 heavy (non-hydrogen) atoms. The van der Waals surface area contributed by atoms with Gasteiger partial charge in [-0.1, -0.05) is 5.69 Å². The van der Waals surface area contributed by atoms with E-state index in [4.69, 9.17) is 10.8 Å². The van der Waals surface area contributed by atoms with E-state index in [0.717, 1.165) is 0 Å². The third kappa shape index (κ3) is 2.54. The van der Waals surface area contributed by atoms with Crippen LogP contribution in [0.3, 0.4) is 0 Å². The molecule has 0 radical (unpaired) electrons. The number of benzene rings is 1. The second-order valence-electron chi connectivity index (χ2n) is 1.82. The number of carboxylic acids is 1. The summed E-state index contributed by atoms with van der Waals surface area (Å²) in [6, 6.07) is 7.04. The molecule has 1 rings (SSSR count). The first-order chi connectivity index (χ1) is 4.72. The normalized spacial score (nSPS) is 8.36. The van der Waals surface area contributed by atoms with Crippen molar-refractivity contribution in [3.05, 3.63) is 29.8 Å². The zero-order chi connectivity index (χ0) is 7.56. The molecule has 3 N–H and O–H groups in total. The number of carbonyl (C=O) groups is 1. The Balaban J connectivity index is 0.000001000. The molecule has 0 atom stereocenters. The molecule has 3 nitrogen and oxygen atoms in total. The zero-order valence-corrected chi connectivity index (χ0v) is 8.16. The summed E-state index contributed by atoms with van der Waals surface area (Å²) in [4.78, 5) is 10.3. The van der Waals surface area contributed by atoms with E-state index in [1.54, 1.807) is 6.07 Å². The predicted molar refractivity (Wildman–Crippen MR) is 36.6 cm³/mol. The molecule has 0 amide bonds. The SMILES string of the molecule is Nc1cc[c-]cc1C(=O)O.[Na+]. The van der Waals surface area contributed by atoms with Crippen molar-refractivity contribution in [2.75, 3.05) is 5.73 Å². The molecule has 52 valence electrons. The third-order valence-corrected chi connectivity index (χ3v) is 1.13. The van der Waals surface area contributed by atoms with Crippen molar-refractivity contribution >= 4 is 11.7 Å². The summed E-state index contributed by atoms with van der Waals surface area (Å²) >= 11 is 0. The summed E-state index contributed by atoms with van der Waals surface area (Å²) in [5, 5.41) is 8.47.